The van der Waals surface area contributed by atoms with Crippen LogP contribution in [0.2, 0.25) is 0 Å². The van der Waals surface area contributed by atoms with Crippen molar-refractivity contribution in [1.29, 1.82) is 0 Å². The molecule has 34 heavy (non-hydrogen) atoms. The average molecular weight is 481 g/mol. The maximum atomic E-state index is 13.4. The Balaban J connectivity index is 2.38. The monoisotopic (exact) mass is 480 g/mol. The number of fused-ring (bicyclic) bond motifs is 2. The lowest BCUT2D eigenvalue weighted by atomic mass is 10.2. The molecule has 0 aliphatic heterocycles. The van der Waals surface area contributed by atoms with Gasteiger partial charge in [-0.2, -0.15) is 4.99 Å². The number of hydrogen-bond acceptors (Lipinski definition) is 6. The minimum Gasteiger partial charge on any atom is -0.462 e. The van der Waals surface area contributed by atoms with Crippen LogP contribution in [0.3, 0.4) is 0 Å². The average Bonchev–Trinajstić information content (AvgIpc) is 2.82. The van der Waals surface area contributed by atoms with E-state index in [1.807, 2.05) is 19.9 Å². The van der Waals surface area contributed by atoms with Crippen molar-refractivity contribution in [3.8, 4) is 0 Å². The van der Waals surface area contributed by atoms with Gasteiger partial charge in [0.2, 0.25) is 0 Å². The Kier molecular flexibility index (Phi) is 8.59. The molecule has 0 saturated carbocycles. The van der Waals surface area contributed by atoms with Gasteiger partial charge in [0, 0.05) is 12.7 Å². The summed E-state index contributed by atoms with van der Waals surface area (Å²) in [5.41, 5.74) is 1.64. The van der Waals surface area contributed by atoms with Gasteiger partial charge in [-0.1, -0.05) is 38.1 Å². The molecule has 0 unspecified atom stereocenters. The predicted octanol–water partition coefficient (Wildman–Crippen LogP) is 3.79. The number of ether oxygens (including phenoxy) is 1. The van der Waals surface area contributed by atoms with E-state index in [-0.39, 0.29) is 34.4 Å². The summed E-state index contributed by atoms with van der Waals surface area (Å²) in [6.07, 6.45) is 6.59. The van der Waals surface area contributed by atoms with Gasteiger partial charge in [-0.05, 0) is 43.4 Å². The van der Waals surface area contributed by atoms with Gasteiger partial charge in [-0.25, -0.2) is 9.78 Å². The summed E-state index contributed by atoms with van der Waals surface area (Å²) < 4.78 is 8.39. The highest BCUT2D eigenvalue weighted by molar-refractivity contribution is 8.02. The smallest absolute Gasteiger partial charge is 0.341 e. The Hall–Kier alpha value is -3.46. The molecule has 0 bridgehead atoms. The van der Waals surface area contributed by atoms with Crippen LogP contribution >= 0.6 is 11.8 Å². The Labute approximate surface area is 201 Å². The minimum atomic E-state index is -0.644. The summed E-state index contributed by atoms with van der Waals surface area (Å²) >= 11 is 1.27. The number of carbonyl (C=O) groups is 2. The zero-order chi connectivity index (χ0) is 24.7. The lowest BCUT2D eigenvalue weighted by molar-refractivity contribution is -0.115. The molecule has 9 heteroatoms. The molecule has 0 aliphatic rings. The van der Waals surface area contributed by atoms with E-state index in [4.69, 9.17) is 9.72 Å². The SMILES string of the molecule is C=C/C=C\SCC(=O)N=c1c(C(=O)OCC)cc2c(=O)n3cccc(C)c3nc2n1CCCC. The summed E-state index contributed by atoms with van der Waals surface area (Å²) in [7, 11) is 0. The van der Waals surface area contributed by atoms with Crippen LogP contribution in [-0.4, -0.2) is 38.2 Å². The number of nitrogens with zero attached hydrogens (tertiary/aromatic N) is 4. The second-order valence-corrected chi connectivity index (χ2v) is 8.42. The summed E-state index contributed by atoms with van der Waals surface area (Å²) in [5.74, 6) is -0.970. The number of unbranched alkanes of at least 4 members (excludes halogenated alkanes) is 1. The fourth-order valence-corrected chi connectivity index (χ4v) is 4.00. The van der Waals surface area contributed by atoms with Gasteiger partial charge in [0.25, 0.3) is 11.5 Å². The molecule has 0 N–H and O–H groups in total. The number of aryl methyl sites for hydroxylation is 2. The van der Waals surface area contributed by atoms with Gasteiger partial charge >= 0.3 is 5.97 Å². The molecule has 3 heterocycles. The second-order valence-electron chi connectivity index (χ2n) is 7.53. The molecule has 8 nitrogen and oxygen atoms in total. The number of allylic oxidation sites excluding steroid dienone is 2. The van der Waals surface area contributed by atoms with Crippen LogP contribution in [0.25, 0.3) is 16.7 Å². The first-order chi connectivity index (χ1) is 16.4. The number of hydrogen-bond donors (Lipinski definition) is 0. The first-order valence-corrected chi connectivity index (χ1v) is 12.2. The molecule has 0 fully saturated rings. The number of carbonyl (C=O) groups excluding carboxylic acids is 2. The van der Waals surface area contributed by atoms with E-state index in [0.717, 1.165) is 18.4 Å². The fraction of sp³-hybridized carbons (Fsp3) is 0.320. The zero-order valence-electron chi connectivity index (χ0n) is 19.6. The van der Waals surface area contributed by atoms with Crippen molar-refractivity contribution < 1.29 is 14.3 Å². The van der Waals surface area contributed by atoms with Gasteiger partial charge < -0.3 is 9.30 Å². The van der Waals surface area contributed by atoms with Crippen molar-refractivity contribution in [2.24, 2.45) is 4.99 Å². The molecule has 0 aromatic carbocycles. The number of esters is 1. The van der Waals surface area contributed by atoms with Crippen LogP contribution in [0.4, 0.5) is 0 Å². The number of pyridine rings is 2. The number of rotatable bonds is 9. The van der Waals surface area contributed by atoms with Crippen LogP contribution in [-0.2, 0) is 16.1 Å². The van der Waals surface area contributed by atoms with Crippen molar-refractivity contribution in [3.05, 3.63) is 75.5 Å². The second kappa shape index (κ2) is 11.6. The minimum absolute atomic E-state index is 0.0666. The highest BCUT2D eigenvalue weighted by Crippen LogP contribution is 2.14. The molecule has 0 atom stereocenters. The molecular formula is C25H28N4O4S. The Morgan fingerprint density at radius 2 is 2.09 bits per heavy atom. The molecule has 0 aliphatic carbocycles. The van der Waals surface area contributed by atoms with Crippen molar-refractivity contribution in [1.82, 2.24) is 14.0 Å². The molecule has 3 aromatic rings. The normalized spacial score (nSPS) is 12.0. The van der Waals surface area contributed by atoms with Crippen molar-refractivity contribution in [3.63, 3.8) is 0 Å². The lowest BCUT2D eigenvalue weighted by Crippen LogP contribution is -2.33. The van der Waals surface area contributed by atoms with E-state index in [9.17, 15) is 14.4 Å². The first kappa shape index (κ1) is 25.2. The maximum Gasteiger partial charge on any atom is 0.341 e. The molecule has 0 spiro atoms. The van der Waals surface area contributed by atoms with Gasteiger partial charge in [0.15, 0.2) is 5.49 Å². The van der Waals surface area contributed by atoms with Crippen LogP contribution in [0, 0.1) is 6.92 Å². The van der Waals surface area contributed by atoms with E-state index < -0.39 is 11.9 Å². The van der Waals surface area contributed by atoms with Crippen LogP contribution < -0.4 is 11.0 Å². The van der Waals surface area contributed by atoms with Crippen LogP contribution in [0.5, 0.6) is 0 Å². The third kappa shape index (κ3) is 5.36. The van der Waals surface area contributed by atoms with Crippen molar-refractivity contribution >= 4 is 40.3 Å². The summed E-state index contributed by atoms with van der Waals surface area (Å²) in [6.45, 7) is 9.79. The van der Waals surface area contributed by atoms with E-state index in [1.54, 1.807) is 41.3 Å². The summed E-state index contributed by atoms with van der Waals surface area (Å²) in [5, 5.41) is 2.01. The molecule has 178 valence electrons. The standard InChI is InChI=1S/C25H28N4O4S/c1-5-8-12-28-22-18(24(31)29-13-10-11-17(4)21(29)27-22)15-19(25(32)33-7-3)23(28)26-20(30)16-34-14-9-6-2/h6,9-11,13-15H,2,5,7-8,12,16H2,1,3-4H3/b14-9-,26-23?. The third-order valence-electron chi connectivity index (χ3n) is 5.08. The molecule has 1 amide bonds. The van der Waals surface area contributed by atoms with Crippen molar-refractivity contribution in [2.75, 3.05) is 12.4 Å². The highest BCUT2D eigenvalue weighted by atomic mass is 32.2. The number of amides is 1. The topological polar surface area (TPSA) is 95.0 Å². The van der Waals surface area contributed by atoms with E-state index >= 15 is 0 Å². The van der Waals surface area contributed by atoms with E-state index in [1.165, 1.54) is 22.2 Å². The number of thioether (sulfide) groups is 1. The van der Waals surface area contributed by atoms with Crippen LogP contribution in [0.1, 0.15) is 42.6 Å². The summed E-state index contributed by atoms with van der Waals surface area (Å²) in [6, 6.07) is 5.09. The number of aromatic nitrogens is 3. The fourth-order valence-electron chi connectivity index (χ4n) is 3.48. The van der Waals surface area contributed by atoms with Crippen molar-refractivity contribution in [2.45, 2.75) is 40.2 Å². The third-order valence-corrected chi connectivity index (χ3v) is 5.85. The predicted molar refractivity (Wildman–Crippen MR) is 135 cm³/mol. The van der Waals surface area contributed by atoms with Gasteiger partial charge in [0.05, 0.1) is 17.7 Å². The maximum absolute atomic E-state index is 13.4. The van der Waals surface area contributed by atoms with Gasteiger partial charge in [-0.3, -0.25) is 14.0 Å². The molecular weight excluding hydrogens is 452 g/mol. The first-order valence-electron chi connectivity index (χ1n) is 11.1. The highest BCUT2D eigenvalue weighted by Gasteiger charge is 2.20. The molecule has 3 rings (SSSR count). The van der Waals surface area contributed by atoms with Gasteiger partial charge in [-0.15, -0.1) is 11.8 Å². The molecule has 0 saturated heterocycles. The zero-order valence-corrected chi connectivity index (χ0v) is 20.4. The van der Waals surface area contributed by atoms with E-state index in [0.29, 0.717) is 17.8 Å². The molecule has 0 radical (unpaired) electrons. The summed E-state index contributed by atoms with van der Waals surface area (Å²) in [4.78, 5) is 48.0. The molecule has 3 aromatic heterocycles. The van der Waals surface area contributed by atoms with Crippen LogP contribution in [0.15, 0.2) is 58.3 Å². The Bertz CT molecular complexity index is 1400. The largest absolute Gasteiger partial charge is 0.462 e. The van der Waals surface area contributed by atoms with E-state index in [2.05, 4.69) is 11.6 Å². The lowest BCUT2D eigenvalue weighted by Gasteiger charge is -2.15. The Morgan fingerprint density at radius 1 is 1.29 bits per heavy atom. The quantitative estimate of drug-likeness (QED) is 0.263. The van der Waals surface area contributed by atoms with Gasteiger partial charge in [0.1, 0.15) is 16.9 Å². The Morgan fingerprint density at radius 3 is 2.79 bits per heavy atom.